The van der Waals surface area contributed by atoms with Gasteiger partial charge in [-0.2, -0.15) is 0 Å². The minimum Gasteiger partial charge on any atom is -0.480 e. The molecule has 0 aliphatic carbocycles. The van der Waals surface area contributed by atoms with Crippen molar-refractivity contribution in [2.75, 3.05) is 40.3 Å². The third-order valence-corrected chi connectivity index (χ3v) is 3.52. The molecule has 2 amide bonds. The molecule has 6 heteroatoms. The molecule has 1 heterocycles. The average molecular weight is 271 g/mol. The van der Waals surface area contributed by atoms with Crippen molar-refractivity contribution >= 4 is 12.0 Å². The van der Waals surface area contributed by atoms with Crippen LogP contribution in [-0.2, 0) is 4.79 Å². The molecular formula is C13H25N3O3. The SMILES string of the molecule is CC(C)N(CC(=O)O)C(=O)N(C)CC1CCN(C)C1. The summed E-state index contributed by atoms with van der Waals surface area (Å²) in [7, 11) is 3.82. The second-order valence-corrected chi connectivity index (χ2v) is 5.70. The lowest BCUT2D eigenvalue weighted by molar-refractivity contribution is -0.138. The minimum atomic E-state index is -0.976. The van der Waals surface area contributed by atoms with Crippen LogP contribution in [-0.4, -0.2) is 78.1 Å². The quantitative estimate of drug-likeness (QED) is 0.803. The highest BCUT2D eigenvalue weighted by Crippen LogP contribution is 2.16. The molecule has 0 saturated carbocycles. The first kappa shape index (κ1) is 15.8. The lowest BCUT2D eigenvalue weighted by Gasteiger charge is -2.31. The Kier molecular flexibility index (Phi) is 5.60. The topological polar surface area (TPSA) is 64.1 Å². The maximum Gasteiger partial charge on any atom is 0.323 e. The Bertz CT molecular complexity index is 333. The van der Waals surface area contributed by atoms with Gasteiger partial charge in [0.1, 0.15) is 6.54 Å². The van der Waals surface area contributed by atoms with Gasteiger partial charge in [-0.05, 0) is 39.8 Å². The summed E-state index contributed by atoms with van der Waals surface area (Å²) in [5, 5.41) is 8.86. The van der Waals surface area contributed by atoms with Gasteiger partial charge in [-0.3, -0.25) is 4.79 Å². The summed E-state index contributed by atoms with van der Waals surface area (Å²) in [6.45, 7) is 6.17. The summed E-state index contributed by atoms with van der Waals surface area (Å²) in [5.74, 6) is -0.492. The number of urea groups is 1. The molecule has 0 aromatic heterocycles. The van der Waals surface area contributed by atoms with Crippen molar-refractivity contribution in [3.05, 3.63) is 0 Å². The van der Waals surface area contributed by atoms with Crippen molar-refractivity contribution in [1.82, 2.24) is 14.7 Å². The number of hydrogen-bond donors (Lipinski definition) is 1. The summed E-state index contributed by atoms with van der Waals surface area (Å²) in [5.41, 5.74) is 0. The van der Waals surface area contributed by atoms with Crippen molar-refractivity contribution in [3.63, 3.8) is 0 Å². The first-order chi connectivity index (χ1) is 8.81. The van der Waals surface area contributed by atoms with E-state index in [9.17, 15) is 9.59 Å². The van der Waals surface area contributed by atoms with E-state index in [0.717, 1.165) is 19.5 Å². The highest BCUT2D eigenvalue weighted by Gasteiger charge is 2.27. The van der Waals surface area contributed by atoms with Gasteiger partial charge in [-0.25, -0.2) is 4.79 Å². The molecule has 1 unspecified atom stereocenters. The number of hydrogen-bond acceptors (Lipinski definition) is 3. The van der Waals surface area contributed by atoms with E-state index in [4.69, 9.17) is 5.11 Å². The molecule has 1 N–H and O–H groups in total. The predicted molar refractivity (Wildman–Crippen MR) is 73.1 cm³/mol. The number of likely N-dealkylation sites (tertiary alicyclic amines) is 1. The molecule has 0 aromatic rings. The van der Waals surface area contributed by atoms with Gasteiger partial charge in [0.15, 0.2) is 0 Å². The van der Waals surface area contributed by atoms with Crippen LogP contribution < -0.4 is 0 Å². The Morgan fingerprint density at radius 1 is 1.42 bits per heavy atom. The molecule has 6 nitrogen and oxygen atoms in total. The van der Waals surface area contributed by atoms with Gasteiger partial charge in [-0.1, -0.05) is 0 Å². The highest BCUT2D eigenvalue weighted by molar-refractivity contribution is 5.80. The second-order valence-electron chi connectivity index (χ2n) is 5.70. The van der Waals surface area contributed by atoms with E-state index >= 15 is 0 Å². The minimum absolute atomic E-state index is 0.114. The number of carboxylic acids is 1. The number of nitrogens with zero attached hydrogens (tertiary/aromatic N) is 3. The third kappa shape index (κ3) is 4.70. The maximum absolute atomic E-state index is 12.3. The van der Waals surface area contributed by atoms with Crippen LogP contribution >= 0.6 is 0 Å². The van der Waals surface area contributed by atoms with Crippen LogP contribution in [0.4, 0.5) is 4.79 Å². The van der Waals surface area contributed by atoms with E-state index in [1.807, 2.05) is 13.8 Å². The fourth-order valence-electron chi connectivity index (χ4n) is 2.48. The lowest BCUT2D eigenvalue weighted by atomic mass is 10.1. The van der Waals surface area contributed by atoms with Gasteiger partial charge >= 0.3 is 12.0 Å². The molecule has 1 atom stereocenters. The number of carboxylic acid groups (broad SMARTS) is 1. The summed E-state index contributed by atoms with van der Waals surface area (Å²) in [6.07, 6.45) is 1.09. The molecule has 0 spiro atoms. The maximum atomic E-state index is 12.3. The van der Waals surface area contributed by atoms with Gasteiger partial charge in [0.05, 0.1) is 0 Å². The summed E-state index contributed by atoms with van der Waals surface area (Å²) in [4.78, 5) is 28.4. The van der Waals surface area contributed by atoms with E-state index in [1.54, 1.807) is 11.9 Å². The van der Waals surface area contributed by atoms with E-state index in [1.165, 1.54) is 4.90 Å². The molecular weight excluding hydrogens is 246 g/mol. The van der Waals surface area contributed by atoms with Crippen molar-refractivity contribution in [1.29, 1.82) is 0 Å². The van der Waals surface area contributed by atoms with Gasteiger partial charge in [-0.15, -0.1) is 0 Å². The highest BCUT2D eigenvalue weighted by atomic mass is 16.4. The zero-order chi connectivity index (χ0) is 14.6. The molecule has 0 radical (unpaired) electrons. The molecule has 1 aliphatic heterocycles. The predicted octanol–water partition coefficient (Wildman–Crippen LogP) is 0.785. The van der Waals surface area contributed by atoms with E-state index in [0.29, 0.717) is 12.5 Å². The van der Waals surface area contributed by atoms with Crippen molar-refractivity contribution in [2.24, 2.45) is 5.92 Å². The van der Waals surface area contributed by atoms with Gasteiger partial charge in [0.25, 0.3) is 0 Å². The van der Waals surface area contributed by atoms with Crippen molar-refractivity contribution in [2.45, 2.75) is 26.3 Å². The normalized spacial score (nSPS) is 19.7. The monoisotopic (exact) mass is 271 g/mol. The fourth-order valence-corrected chi connectivity index (χ4v) is 2.48. The van der Waals surface area contributed by atoms with Crippen molar-refractivity contribution < 1.29 is 14.7 Å². The van der Waals surface area contributed by atoms with Crippen LogP contribution in [0.5, 0.6) is 0 Å². The average Bonchev–Trinajstić information content (AvgIpc) is 2.70. The smallest absolute Gasteiger partial charge is 0.323 e. The molecule has 0 bridgehead atoms. The number of carbonyl (C=O) groups excluding carboxylic acids is 1. The molecule has 1 fully saturated rings. The van der Waals surface area contributed by atoms with Crippen LogP contribution in [0.2, 0.25) is 0 Å². The first-order valence-electron chi connectivity index (χ1n) is 6.73. The molecule has 110 valence electrons. The van der Waals surface area contributed by atoms with E-state index in [-0.39, 0.29) is 18.6 Å². The Hall–Kier alpha value is -1.30. The molecule has 1 aliphatic rings. The Balaban J connectivity index is 2.55. The summed E-state index contributed by atoms with van der Waals surface area (Å²) in [6, 6.07) is -0.316. The zero-order valence-corrected chi connectivity index (χ0v) is 12.3. The van der Waals surface area contributed by atoms with Crippen LogP contribution in [0, 0.1) is 5.92 Å². The standard InChI is InChI=1S/C13H25N3O3/c1-10(2)16(9-12(17)18)13(19)15(4)8-11-5-6-14(3)7-11/h10-11H,5-9H2,1-4H3,(H,17,18). The van der Waals surface area contributed by atoms with Gasteiger partial charge in [0.2, 0.25) is 0 Å². The number of rotatable bonds is 5. The Morgan fingerprint density at radius 3 is 2.47 bits per heavy atom. The Labute approximate surface area is 115 Å². The lowest BCUT2D eigenvalue weighted by Crippen LogP contribution is -2.48. The van der Waals surface area contributed by atoms with Gasteiger partial charge in [0, 0.05) is 26.2 Å². The number of aliphatic carboxylic acids is 1. The van der Waals surface area contributed by atoms with Gasteiger partial charge < -0.3 is 19.8 Å². The molecule has 1 rings (SSSR count). The second kappa shape index (κ2) is 6.75. The largest absolute Gasteiger partial charge is 0.480 e. The van der Waals surface area contributed by atoms with Crippen LogP contribution in [0.15, 0.2) is 0 Å². The number of amides is 2. The molecule has 0 aromatic carbocycles. The fraction of sp³-hybridized carbons (Fsp3) is 0.846. The summed E-state index contributed by atoms with van der Waals surface area (Å²) >= 11 is 0. The van der Waals surface area contributed by atoms with Crippen LogP contribution in [0.3, 0.4) is 0 Å². The van der Waals surface area contributed by atoms with Crippen LogP contribution in [0.25, 0.3) is 0 Å². The van der Waals surface area contributed by atoms with Crippen molar-refractivity contribution in [3.8, 4) is 0 Å². The van der Waals surface area contributed by atoms with E-state index < -0.39 is 5.97 Å². The Morgan fingerprint density at radius 2 is 2.05 bits per heavy atom. The molecule has 1 saturated heterocycles. The third-order valence-electron chi connectivity index (χ3n) is 3.52. The van der Waals surface area contributed by atoms with Crippen LogP contribution in [0.1, 0.15) is 20.3 Å². The van der Waals surface area contributed by atoms with E-state index in [2.05, 4.69) is 11.9 Å². The molecule has 19 heavy (non-hydrogen) atoms. The zero-order valence-electron chi connectivity index (χ0n) is 12.3. The summed E-state index contributed by atoms with van der Waals surface area (Å²) < 4.78 is 0. The first-order valence-corrected chi connectivity index (χ1v) is 6.73. The number of carbonyl (C=O) groups is 2.